The third-order valence-electron chi connectivity index (χ3n) is 0.909. The Bertz CT molecular complexity index is 102. The number of hydrogen-bond donors (Lipinski definition) is 0. The van der Waals surface area contributed by atoms with Crippen LogP contribution in [0.4, 0.5) is 0 Å². The summed E-state index contributed by atoms with van der Waals surface area (Å²) in [5.41, 5.74) is 0. The number of esters is 1. The van der Waals surface area contributed by atoms with Gasteiger partial charge in [0.05, 0.1) is 6.61 Å². The van der Waals surface area contributed by atoms with Crippen LogP contribution in [-0.4, -0.2) is 12.6 Å². The first-order valence-electron chi connectivity index (χ1n) is 3.10. The van der Waals surface area contributed by atoms with Crippen LogP contribution in [0.15, 0.2) is 12.7 Å². The molecule has 0 spiro atoms. The molecule has 0 amide bonds. The summed E-state index contributed by atoms with van der Waals surface area (Å²) in [6.45, 7) is 5.82. The number of ether oxygens (including phenoxy) is 1. The van der Waals surface area contributed by atoms with Crippen molar-refractivity contribution in [3.63, 3.8) is 0 Å². The summed E-state index contributed by atoms with van der Waals surface area (Å²) in [6.07, 6.45) is 3.15. The number of carbonyl (C=O) groups is 1. The van der Waals surface area contributed by atoms with Crippen molar-refractivity contribution in [3.05, 3.63) is 12.7 Å². The molecule has 0 heterocycles. The van der Waals surface area contributed by atoms with Gasteiger partial charge in [-0.15, -0.1) is 0 Å². The predicted molar refractivity (Wildman–Crippen MR) is 36.1 cm³/mol. The first-order chi connectivity index (χ1) is 4.31. The molecule has 0 aliphatic carbocycles. The summed E-state index contributed by atoms with van der Waals surface area (Å²) < 4.78 is 4.67. The molecule has 0 rings (SSSR count). The van der Waals surface area contributed by atoms with Crippen LogP contribution in [0.3, 0.4) is 0 Å². The normalized spacial score (nSPS) is 7.70. The molecule has 2 nitrogen and oxygen atoms in total. The maximum atomic E-state index is 10.3. The Labute approximate surface area is 74.4 Å². The van der Waals surface area contributed by atoms with Crippen molar-refractivity contribution in [2.45, 2.75) is 19.8 Å². The molecule has 0 atom stereocenters. The van der Waals surface area contributed by atoms with Crippen molar-refractivity contribution in [1.82, 2.24) is 0 Å². The van der Waals surface area contributed by atoms with E-state index in [1.807, 2.05) is 6.92 Å². The van der Waals surface area contributed by atoms with E-state index in [0.29, 0.717) is 6.61 Å². The summed E-state index contributed by atoms with van der Waals surface area (Å²) in [4.78, 5) is 10.3. The molecule has 10 heavy (non-hydrogen) atoms. The summed E-state index contributed by atoms with van der Waals surface area (Å²) in [6, 6.07) is 0. The quantitative estimate of drug-likeness (QED) is 0.316. The van der Waals surface area contributed by atoms with E-state index >= 15 is 0 Å². The van der Waals surface area contributed by atoms with Crippen molar-refractivity contribution >= 4 is 5.97 Å². The largest absolute Gasteiger partial charge is 0.463 e. The molecule has 3 heteroatoms. The molecular weight excluding hydrogens is 217 g/mol. The first kappa shape index (κ1) is 12.5. The fourth-order valence-corrected chi connectivity index (χ4v) is 0.376. The van der Waals surface area contributed by atoms with E-state index in [-0.39, 0.29) is 25.4 Å². The van der Waals surface area contributed by atoms with E-state index in [4.69, 9.17) is 0 Å². The number of rotatable bonds is 4. The summed E-state index contributed by atoms with van der Waals surface area (Å²) in [5, 5.41) is 0. The van der Waals surface area contributed by atoms with Gasteiger partial charge >= 0.3 is 5.97 Å². The predicted octanol–water partition coefficient (Wildman–Crippen LogP) is 1.51. The topological polar surface area (TPSA) is 26.3 Å². The van der Waals surface area contributed by atoms with Gasteiger partial charge < -0.3 is 4.74 Å². The molecule has 0 N–H and O–H groups in total. The van der Waals surface area contributed by atoms with E-state index < -0.39 is 0 Å². The van der Waals surface area contributed by atoms with Gasteiger partial charge in [-0.05, 0) is 6.42 Å². The third kappa shape index (κ3) is 7.83. The van der Waals surface area contributed by atoms with Crippen LogP contribution >= 0.6 is 0 Å². The van der Waals surface area contributed by atoms with Crippen molar-refractivity contribution < 1.29 is 29.0 Å². The molecule has 60 valence electrons. The summed E-state index contributed by atoms with van der Waals surface area (Å²) >= 11 is 0. The van der Waals surface area contributed by atoms with E-state index in [9.17, 15) is 4.79 Å². The molecule has 0 aromatic rings. The molecule has 0 saturated heterocycles. The van der Waals surface area contributed by atoms with Gasteiger partial charge in [-0.25, -0.2) is 4.79 Å². The van der Waals surface area contributed by atoms with Crippen LogP contribution in [0.2, 0.25) is 0 Å². The summed E-state index contributed by atoms with van der Waals surface area (Å²) in [7, 11) is 0. The van der Waals surface area contributed by atoms with Gasteiger partial charge in [0.1, 0.15) is 0 Å². The van der Waals surface area contributed by atoms with Crippen LogP contribution in [0.25, 0.3) is 0 Å². The monoisotopic (exact) mass is 230 g/mol. The van der Waals surface area contributed by atoms with Crippen LogP contribution in [0, 0.1) is 0 Å². The van der Waals surface area contributed by atoms with Crippen molar-refractivity contribution in [2.75, 3.05) is 6.61 Å². The molecule has 0 aliphatic heterocycles. The van der Waals surface area contributed by atoms with E-state index in [2.05, 4.69) is 11.3 Å². The Morgan fingerprint density at radius 2 is 2.30 bits per heavy atom. The third-order valence-corrected chi connectivity index (χ3v) is 0.909. The van der Waals surface area contributed by atoms with E-state index in [0.717, 1.165) is 12.8 Å². The minimum atomic E-state index is -0.330. The second kappa shape index (κ2) is 8.83. The molecule has 0 unspecified atom stereocenters. The van der Waals surface area contributed by atoms with Crippen molar-refractivity contribution in [3.8, 4) is 0 Å². The zero-order valence-corrected chi connectivity index (χ0v) is 7.81. The average molecular weight is 229 g/mol. The minimum absolute atomic E-state index is 0. The SMILES string of the molecule is C=CC(=O)OCCCC.[Ru]. The molecular formula is C7H12O2Ru. The van der Waals surface area contributed by atoms with Gasteiger partial charge in [-0.3, -0.25) is 0 Å². The van der Waals surface area contributed by atoms with Crippen LogP contribution in [0.5, 0.6) is 0 Å². The fraction of sp³-hybridized carbons (Fsp3) is 0.571. The van der Waals surface area contributed by atoms with Gasteiger partial charge in [0, 0.05) is 25.6 Å². The minimum Gasteiger partial charge on any atom is -0.463 e. The number of carbonyl (C=O) groups excluding carboxylic acids is 1. The van der Waals surface area contributed by atoms with Gasteiger partial charge in [-0.1, -0.05) is 19.9 Å². The van der Waals surface area contributed by atoms with Crippen LogP contribution < -0.4 is 0 Å². The standard InChI is InChI=1S/C7H12O2.Ru/c1-3-5-6-9-7(8)4-2;/h4H,2-3,5-6H2,1H3;. The van der Waals surface area contributed by atoms with Crippen LogP contribution in [0.1, 0.15) is 19.8 Å². The average Bonchev–Trinajstić information content (AvgIpc) is 1.89. The molecule has 0 fully saturated rings. The summed E-state index contributed by atoms with van der Waals surface area (Å²) in [5.74, 6) is -0.330. The molecule has 0 aromatic carbocycles. The fourth-order valence-electron chi connectivity index (χ4n) is 0.376. The van der Waals surface area contributed by atoms with E-state index in [1.165, 1.54) is 6.08 Å². The first-order valence-corrected chi connectivity index (χ1v) is 3.10. The molecule has 0 saturated carbocycles. The smallest absolute Gasteiger partial charge is 0.330 e. The van der Waals surface area contributed by atoms with Gasteiger partial charge in [0.25, 0.3) is 0 Å². The van der Waals surface area contributed by atoms with Crippen LogP contribution in [-0.2, 0) is 29.0 Å². The Morgan fingerprint density at radius 1 is 1.70 bits per heavy atom. The van der Waals surface area contributed by atoms with Gasteiger partial charge in [0.15, 0.2) is 0 Å². The van der Waals surface area contributed by atoms with Crippen molar-refractivity contribution in [2.24, 2.45) is 0 Å². The Balaban J connectivity index is 0. The number of hydrogen-bond acceptors (Lipinski definition) is 2. The molecule has 0 aliphatic rings. The Hall–Kier alpha value is -0.167. The second-order valence-electron chi connectivity index (χ2n) is 1.73. The molecule has 0 radical (unpaired) electrons. The Kier molecular flexibility index (Phi) is 11.0. The maximum Gasteiger partial charge on any atom is 0.330 e. The van der Waals surface area contributed by atoms with Gasteiger partial charge in [-0.2, -0.15) is 0 Å². The number of unbranched alkanes of at least 4 members (excludes halogenated alkanes) is 1. The maximum absolute atomic E-state index is 10.3. The zero-order chi connectivity index (χ0) is 7.11. The molecule has 0 aromatic heterocycles. The van der Waals surface area contributed by atoms with Gasteiger partial charge in [0.2, 0.25) is 0 Å². The second-order valence-corrected chi connectivity index (χ2v) is 1.73. The van der Waals surface area contributed by atoms with Crippen molar-refractivity contribution in [1.29, 1.82) is 0 Å². The molecule has 0 bridgehead atoms. The zero-order valence-electron chi connectivity index (χ0n) is 6.08. The van der Waals surface area contributed by atoms with E-state index in [1.54, 1.807) is 0 Å². The Morgan fingerprint density at radius 3 is 2.70 bits per heavy atom.